The lowest BCUT2D eigenvalue weighted by Crippen LogP contribution is -2.29. The van der Waals surface area contributed by atoms with E-state index in [0.717, 1.165) is 4.57 Å². The Morgan fingerprint density at radius 2 is 2.40 bits per heavy atom. The Bertz CT molecular complexity index is 393. The van der Waals surface area contributed by atoms with Gasteiger partial charge in [0.2, 0.25) is 5.75 Å². The number of rotatable bonds is 4. The van der Waals surface area contributed by atoms with Crippen LogP contribution in [0.15, 0.2) is 11.1 Å². The van der Waals surface area contributed by atoms with Gasteiger partial charge in [-0.2, -0.15) is 0 Å². The molecule has 0 saturated heterocycles. The molecule has 84 valence electrons. The van der Waals surface area contributed by atoms with E-state index >= 15 is 0 Å². The predicted octanol–water partition coefficient (Wildman–Crippen LogP) is -0.742. The summed E-state index contributed by atoms with van der Waals surface area (Å²) in [5.41, 5.74) is -0.495. The normalized spacial score (nSPS) is 12.5. The van der Waals surface area contributed by atoms with Crippen molar-refractivity contribution >= 4 is 11.6 Å². The van der Waals surface area contributed by atoms with Crippen LogP contribution < -0.4 is 10.3 Å². The summed E-state index contributed by atoms with van der Waals surface area (Å²) in [6.45, 7) is -0.493. The fraction of sp³-hybridized carbons (Fsp3) is 0.500. The van der Waals surface area contributed by atoms with Crippen LogP contribution in [-0.4, -0.2) is 39.6 Å². The quantitative estimate of drug-likeness (QED) is 0.671. The number of aliphatic hydroxyl groups excluding tert-OH is 2. The zero-order valence-corrected chi connectivity index (χ0v) is 8.81. The van der Waals surface area contributed by atoms with Crippen LogP contribution in [0.25, 0.3) is 0 Å². The molecule has 15 heavy (non-hydrogen) atoms. The second kappa shape index (κ2) is 5.11. The summed E-state index contributed by atoms with van der Waals surface area (Å²) >= 11 is 5.61. The third-order valence-corrected chi connectivity index (χ3v) is 2.04. The molecule has 1 unspecified atom stereocenters. The molecular formula is C8H11ClN2O4. The highest BCUT2D eigenvalue weighted by atomic mass is 35.5. The van der Waals surface area contributed by atoms with Gasteiger partial charge in [-0.15, -0.1) is 0 Å². The number of aromatic nitrogens is 2. The summed E-state index contributed by atoms with van der Waals surface area (Å²) in [6.07, 6.45) is 0.168. The molecule has 0 aliphatic heterocycles. The average Bonchev–Trinajstić information content (AvgIpc) is 2.23. The van der Waals surface area contributed by atoms with Crippen LogP contribution in [0.5, 0.6) is 5.75 Å². The van der Waals surface area contributed by atoms with E-state index in [-0.39, 0.29) is 17.4 Å². The van der Waals surface area contributed by atoms with Gasteiger partial charge in [0.15, 0.2) is 5.15 Å². The minimum absolute atomic E-state index is 0.0303. The summed E-state index contributed by atoms with van der Waals surface area (Å²) in [6, 6.07) is 0. The first-order valence-electron chi connectivity index (χ1n) is 4.18. The SMILES string of the molecule is COc1c(Cl)ncn(CC(O)CO)c1=O. The van der Waals surface area contributed by atoms with Gasteiger partial charge in [0.1, 0.15) is 0 Å². The fourth-order valence-corrected chi connectivity index (χ4v) is 1.24. The minimum atomic E-state index is -1.02. The van der Waals surface area contributed by atoms with E-state index in [9.17, 15) is 4.79 Å². The Hall–Kier alpha value is -1.11. The molecule has 1 atom stereocenters. The molecular weight excluding hydrogens is 224 g/mol. The van der Waals surface area contributed by atoms with E-state index < -0.39 is 18.3 Å². The van der Waals surface area contributed by atoms with Gasteiger partial charge in [0, 0.05) is 0 Å². The maximum absolute atomic E-state index is 11.6. The van der Waals surface area contributed by atoms with Gasteiger partial charge in [-0.1, -0.05) is 11.6 Å². The average molecular weight is 235 g/mol. The first-order chi connectivity index (χ1) is 7.10. The van der Waals surface area contributed by atoms with Crippen LogP contribution in [0.3, 0.4) is 0 Å². The van der Waals surface area contributed by atoms with Crippen molar-refractivity contribution in [2.24, 2.45) is 0 Å². The highest BCUT2D eigenvalue weighted by Gasteiger charge is 2.12. The van der Waals surface area contributed by atoms with Gasteiger partial charge in [-0.25, -0.2) is 4.98 Å². The summed E-state index contributed by atoms with van der Waals surface area (Å²) in [4.78, 5) is 15.3. The van der Waals surface area contributed by atoms with Crippen molar-refractivity contribution in [1.82, 2.24) is 9.55 Å². The number of nitrogens with zero attached hydrogens (tertiary/aromatic N) is 2. The Kier molecular flexibility index (Phi) is 4.07. The highest BCUT2D eigenvalue weighted by molar-refractivity contribution is 6.30. The monoisotopic (exact) mass is 234 g/mol. The minimum Gasteiger partial charge on any atom is -0.489 e. The lowest BCUT2D eigenvalue weighted by Gasteiger charge is -2.10. The van der Waals surface area contributed by atoms with Crippen molar-refractivity contribution in [3.63, 3.8) is 0 Å². The smallest absolute Gasteiger partial charge is 0.297 e. The van der Waals surface area contributed by atoms with Crippen molar-refractivity contribution in [2.75, 3.05) is 13.7 Å². The molecule has 0 bridgehead atoms. The molecule has 1 aromatic heterocycles. The summed E-state index contributed by atoms with van der Waals surface area (Å²) < 4.78 is 5.88. The maximum Gasteiger partial charge on any atom is 0.297 e. The second-order valence-electron chi connectivity index (χ2n) is 2.86. The number of methoxy groups -OCH3 is 1. The number of hydrogen-bond donors (Lipinski definition) is 2. The number of hydrogen-bond acceptors (Lipinski definition) is 5. The van der Waals surface area contributed by atoms with Crippen molar-refractivity contribution in [2.45, 2.75) is 12.6 Å². The maximum atomic E-state index is 11.6. The van der Waals surface area contributed by atoms with Crippen molar-refractivity contribution in [3.05, 3.63) is 21.8 Å². The van der Waals surface area contributed by atoms with E-state index in [4.69, 9.17) is 26.6 Å². The van der Waals surface area contributed by atoms with E-state index in [1.54, 1.807) is 0 Å². The molecule has 0 fully saturated rings. The lowest BCUT2D eigenvalue weighted by atomic mass is 10.4. The molecule has 0 aliphatic carbocycles. The molecule has 1 aromatic rings. The third kappa shape index (κ3) is 2.68. The largest absolute Gasteiger partial charge is 0.489 e. The first kappa shape index (κ1) is 12.0. The first-order valence-corrected chi connectivity index (χ1v) is 4.55. The summed E-state index contributed by atoms with van der Waals surface area (Å²) in [5.74, 6) is -0.0793. The van der Waals surface area contributed by atoms with Gasteiger partial charge in [0.25, 0.3) is 5.56 Å². The molecule has 0 spiro atoms. The Morgan fingerprint density at radius 3 is 2.93 bits per heavy atom. The van der Waals surface area contributed by atoms with E-state index in [1.807, 2.05) is 0 Å². The van der Waals surface area contributed by atoms with Crippen molar-refractivity contribution in [1.29, 1.82) is 0 Å². The van der Waals surface area contributed by atoms with Crippen LogP contribution in [0.4, 0.5) is 0 Å². The Labute approximate surface area is 90.7 Å². The topological polar surface area (TPSA) is 84.6 Å². The van der Waals surface area contributed by atoms with Crippen LogP contribution in [0.2, 0.25) is 5.15 Å². The number of ether oxygens (including phenoxy) is 1. The van der Waals surface area contributed by atoms with Crippen LogP contribution in [0, 0.1) is 0 Å². The van der Waals surface area contributed by atoms with Crippen LogP contribution in [-0.2, 0) is 6.54 Å². The van der Waals surface area contributed by atoms with Gasteiger partial charge in [0.05, 0.1) is 32.7 Å². The highest BCUT2D eigenvalue weighted by Crippen LogP contribution is 2.14. The molecule has 7 heteroatoms. The fourth-order valence-electron chi connectivity index (χ4n) is 1.04. The van der Waals surface area contributed by atoms with Crippen molar-refractivity contribution < 1.29 is 14.9 Å². The molecule has 6 nitrogen and oxygen atoms in total. The lowest BCUT2D eigenvalue weighted by molar-refractivity contribution is 0.0799. The third-order valence-electron chi connectivity index (χ3n) is 1.78. The summed E-state index contributed by atoms with van der Waals surface area (Å²) in [7, 11) is 1.30. The predicted molar refractivity (Wildman–Crippen MR) is 53.2 cm³/mol. The Balaban J connectivity index is 3.06. The van der Waals surface area contributed by atoms with Gasteiger partial charge < -0.3 is 14.9 Å². The van der Waals surface area contributed by atoms with E-state index in [2.05, 4.69) is 4.98 Å². The van der Waals surface area contributed by atoms with Gasteiger partial charge in [-0.3, -0.25) is 9.36 Å². The van der Waals surface area contributed by atoms with Crippen LogP contribution in [0.1, 0.15) is 0 Å². The molecule has 0 amide bonds. The molecule has 1 rings (SSSR count). The van der Waals surface area contributed by atoms with Gasteiger partial charge >= 0.3 is 0 Å². The van der Waals surface area contributed by atoms with E-state index in [0.29, 0.717) is 0 Å². The number of aliphatic hydroxyl groups is 2. The number of halogens is 1. The van der Waals surface area contributed by atoms with Crippen molar-refractivity contribution in [3.8, 4) is 5.75 Å². The molecule has 2 N–H and O–H groups in total. The standard InChI is InChI=1S/C8H11ClN2O4/c1-15-6-7(9)10-4-11(8(6)14)2-5(13)3-12/h4-5,12-13H,2-3H2,1H3. The van der Waals surface area contributed by atoms with E-state index in [1.165, 1.54) is 13.4 Å². The summed E-state index contributed by atoms with van der Waals surface area (Å²) in [5, 5.41) is 17.8. The zero-order chi connectivity index (χ0) is 11.4. The van der Waals surface area contributed by atoms with Crippen LogP contribution >= 0.6 is 11.6 Å². The van der Waals surface area contributed by atoms with Gasteiger partial charge in [-0.05, 0) is 0 Å². The Morgan fingerprint density at radius 1 is 1.73 bits per heavy atom. The molecule has 0 aliphatic rings. The molecule has 0 saturated carbocycles. The molecule has 0 aromatic carbocycles. The second-order valence-corrected chi connectivity index (χ2v) is 3.22. The zero-order valence-electron chi connectivity index (χ0n) is 8.05. The molecule has 0 radical (unpaired) electrons. The molecule has 1 heterocycles.